The standard InChI is InChI=1S/2C51H32N4O/c1-3-12-34(13-4-1)49-52-50(35-14-5-2-6-15-35)54-51(53-49)39-17-11-16-36(30-39)33-22-26-40(27-23-33)55-45-20-9-7-18-41(45)43-31-37(24-28-46(43)55)38-25-29-48-44(32-38)42-19-8-10-21-47(42)56-48;1-3-14-33(15-4-1)49-52-50(34-16-5-2-6-17-34)54-51(53-49)42-23-8-7-20-39(42)37-18-13-19-38(30-37)55-45-24-11-9-21-40(45)43-31-35(26-28-46(43)55)36-27-29-48-44(32-36)41-22-10-12-25-47(41)56-48/h2*1-32H. The van der Waals surface area contributed by atoms with E-state index in [4.69, 9.17) is 38.7 Å². The highest BCUT2D eigenvalue weighted by atomic mass is 16.3. The molecule has 0 saturated heterocycles. The van der Waals surface area contributed by atoms with Crippen molar-refractivity contribution < 1.29 is 8.83 Å². The molecule has 0 saturated carbocycles. The van der Waals surface area contributed by atoms with Gasteiger partial charge in [-0.1, -0.05) is 285 Å². The first-order valence-corrected chi connectivity index (χ1v) is 37.5. The molecule has 0 aliphatic carbocycles. The third-order valence-corrected chi connectivity index (χ3v) is 21.3. The Bertz CT molecular complexity index is 7260. The quantitative estimate of drug-likeness (QED) is 0.119. The van der Waals surface area contributed by atoms with Gasteiger partial charge in [-0.15, -0.1) is 0 Å². The van der Waals surface area contributed by atoms with Crippen LogP contribution in [0.1, 0.15) is 0 Å². The summed E-state index contributed by atoms with van der Waals surface area (Å²) in [7, 11) is 0. The largest absolute Gasteiger partial charge is 0.456 e. The molecule has 6 heterocycles. The van der Waals surface area contributed by atoms with Crippen LogP contribution in [0, 0.1) is 0 Å². The van der Waals surface area contributed by atoms with E-state index >= 15 is 0 Å². The third kappa shape index (κ3) is 11.8. The fourth-order valence-corrected chi connectivity index (χ4v) is 15.9. The average Bonchev–Trinajstić information content (AvgIpc) is 1.59. The summed E-state index contributed by atoms with van der Waals surface area (Å²) < 4.78 is 17.0. The van der Waals surface area contributed by atoms with Crippen LogP contribution in [0.15, 0.2) is 397 Å². The van der Waals surface area contributed by atoms with Gasteiger partial charge in [0.15, 0.2) is 34.9 Å². The third-order valence-electron chi connectivity index (χ3n) is 21.3. The Morgan fingerprint density at radius 1 is 0.161 bits per heavy atom. The Labute approximate surface area is 643 Å². The molecule has 0 atom stereocenters. The van der Waals surface area contributed by atoms with Gasteiger partial charge < -0.3 is 18.0 Å². The molecule has 0 radical (unpaired) electrons. The van der Waals surface area contributed by atoms with E-state index < -0.39 is 0 Å². The van der Waals surface area contributed by atoms with Crippen molar-refractivity contribution in [2.45, 2.75) is 0 Å². The normalized spacial score (nSPS) is 11.6. The second-order valence-corrected chi connectivity index (χ2v) is 28.1. The topological polar surface area (TPSA) is 113 Å². The lowest BCUT2D eigenvalue weighted by atomic mass is 9.98. The molecule has 10 nitrogen and oxygen atoms in total. The van der Waals surface area contributed by atoms with Gasteiger partial charge in [0, 0.05) is 87.8 Å². The van der Waals surface area contributed by atoms with Crippen molar-refractivity contribution in [1.29, 1.82) is 0 Å². The molecule has 0 fully saturated rings. The number of fused-ring (bicyclic) bond motifs is 12. The number of furan rings is 2. The van der Waals surface area contributed by atoms with E-state index in [0.717, 1.165) is 139 Å². The van der Waals surface area contributed by atoms with Gasteiger partial charge in [0.1, 0.15) is 22.3 Å². The number of rotatable bonds is 12. The zero-order valence-electron chi connectivity index (χ0n) is 60.3. The molecular formula is C102H64N8O2. The van der Waals surface area contributed by atoms with Crippen LogP contribution in [-0.2, 0) is 0 Å². The molecule has 16 aromatic carbocycles. The van der Waals surface area contributed by atoms with Crippen LogP contribution >= 0.6 is 0 Å². The lowest BCUT2D eigenvalue weighted by Crippen LogP contribution is -2.01. The molecule has 22 rings (SSSR count). The lowest BCUT2D eigenvalue weighted by molar-refractivity contribution is 0.668. The first kappa shape index (κ1) is 65.1. The Morgan fingerprint density at radius 2 is 0.482 bits per heavy atom. The van der Waals surface area contributed by atoms with Crippen LogP contribution < -0.4 is 0 Å². The summed E-state index contributed by atoms with van der Waals surface area (Å²) in [5, 5.41) is 9.37. The van der Waals surface area contributed by atoms with E-state index in [0.29, 0.717) is 34.9 Å². The van der Waals surface area contributed by atoms with E-state index in [2.05, 4.69) is 246 Å². The smallest absolute Gasteiger partial charge is 0.164 e. The van der Waals surface area contributed by atoms with E-state index in [-0.39, 0.29) is 0 Å². The summed E-state index contributed by atoms with van der Waals surface area (Å²) in [6, 6.07) is 135. The molecular weight excluding hydrogens is 1370 g/mol. The summed E-state index contributed by atoms with van der Waals surface area (Å²) in [5.41, 5.74) is 25.1. The highest BCUT2D eigenvalue weighted by molar-refractivity contribution is 6.13. The molecule has 0 aliphatic heterocycles. The molecule has 0 spiro atoms. The summed E-state index contributed by atoms with van der Waals surface area (Å²) >= 11 is 0. The maximum absolute atomic E-state index is 6.13. The van der Waals surface area contributed by atoms with Crippen molar-refractivity contribution in [3.05, 3.63) is 388 Å². The average molecular weight is 1430 g/mol. The summed E-state index contributed by atoms with van der Waals surface area (Å²) in [4.78, 5) is 29.8. The van der Waals surface area contributed by atoms with Gasteiger partial charge in [0.2, 0.25) is 0 Å². The first-order chi connectivity index (χ1) is 55.5. The maximum Gasteiger partial charge on any atom is 0.164 e. The minimum Gasteiger partial charge on any atom is -0.456 e. The van der Waals surface area contributed by atoms with Crippen LogP contribution in [0.2, 0.25) is 0 Å². The number of hydrogen-bond donors (Lipinski definition) is 0. The number of hydrogen-bond acceptors (Lipinski definition) is 8. The number of nitrogens with zero attached hydrogens (tertiary/aromatic N) is 8. The molecule has 22 aromatic rings. The number of benzene rings is 16. The molecule has 0 amide bonds. The van der Waals surface area contributed by atoms with Crippen LogP contribution in [0.5, 0.6) is 0 Å². The van der Waals surface area contributed by atoms with Crippen LogP contribution in [0.3, 0.4) is 0 Å². The van der Waals surface area contributed by atoms with Crippen LogP contribution in [-0.4, -0.2) is 39.0 Å². The Balaban J connectivity index is 0.000000141. The van der Waals surface area contributed by atoms with E-state index in [1.165, 1.54) is 38.2 Å². The zero-order valence-corrected chi connectivity index (χ0v) is 60.3. The summed E-state index contributed by atoms with van der Waals surface area (Å²) in [5.74, 6) is 3.84. The fourth-order valence-electron chi connectivity index (χ4n) is 15.9. The molecule has 10 heteroatoms. The monoisotopic (exact) mass is 1430 g/mol. The van der Waals surface area contributed by atoms with Gasteiger partial charge in [0.05, 0.1) is 22.1 Å². The van der Waals surface area contributed by atoms with Gasteiger partial charge in [-0.25, -0.2) is 29.9 Å². The van der Waals surface area contributed by atoms with Crippen molar-refractivity contribution >= 4 is 87.5 Å². The minimum absolute atomic E-state index is 0.629. The fraction of sp³-hybridized carbons (Fsp3) is 0. The number of aromatic nitrogens is 8. The minimum atomic E-state index is 0.629. The molecule has 0 bridgehead atoms. The molecule has 0 aliphatic rings. The zero-order chi connectivity index (χ0) is 74.0. The lowest BCUT2D eigenvalue weighted by Gasteiger charge is -2.14. The van der Waals surface area contributed by atoms with Crippen molar-refractivity contribution in [2.24, 2.45) is 0 Å². The predicted molar refractivity (Wildman–Crippen MR) is 457 cm³/mol. The maximum atomic E-state index is 6.13. The van der Waals surface area contributed by atoms with Crippen molar-refractivity contribution in [2.75, 3.05) is 0 Å². The highest BCUT2D eigenvalue weighted by Crippen LogP contribution is 2.43. The summed E-state index contributed by atoms with van der Waals surface area (Å²) in [6.45, 7) is 0. The molecule has 0 N–H and O–H groups in total. The SMILES string of the molecule is c1ccc(-c2nc(-c3ccccc3)nc(-c3cccc(-c4ccc(-n5c6ccccc6c6cc(-c7ccc8oc9ccccc9c8c7)ccc65)cc4)c3)n2)cc1.c1ccc(-c2nc(-c3ccccc3)nc(-c3ccccc3-c3cccc(-n4c5ccccc5c5cc(-c6ccc7oc8ccccc8c7c6)ccc54)c3)n2)cc1. The van der Waals surface area contributed by atoms with Crippen LogP contribution in [0.25, 0.3) is 212 Å². The molecule has 524 valence electrons. The van der Waals surface area contributed by atoms with Crippen molar-refractivity contribution in [1.82, 2.24) is 39.0 Å². The van der Waals surface area contributed by atoms with E-state index in [1.54, 1.807) is 0 Å². The Kier molecular flexibility index (Phi) is 16.0. The first-order valence-electron chi connectivity index (χ1n) is 37.5. The number of para-hydroxylation sites is 4. The van der Waals surface area contributed by atoms with Crippen LogP contribution in [0.4, 0.5) is 0 Å². The van der Waals surface area contributed by atoms with Gasteiger partial charge in [-0.2, -0.15) is 0 Å². The molecule has 6 aromatic heterocycles. The summed E-state index contributed by atoms with van der Waals surface area (Å²) in [6.07, 6.45) is 0. The molecule has 0 unspecified atom stereocenters. The van der Waals surface area contributed by atoms with Crippen molar-refractivity contribution in [3.8, 4) is 124 Å². The highest BCUT2D eigenvalue weighted by Gasteiger charge is 2.22. The van der Waals surface area contributed by atoms with Gasteiger partial charge >= 0.3 is 0 Å². The van der Waals surface area contributed by atoms with Gasteiger partial charge in [-0.05, 0) is 148 Å². The van der Waals surface area contributed by atoms with E-state index in [9.17, 15) is 0 Å². The Morgan fingerprint density at radius 3 is 0.973 bits per heavy atom. The molecule has 112 heavy (non-hydrogen) atoms. The van der Waals surface area contributed by atoms with Gasteiger partial charge in [-0.3, -0.25) is 0 Å². The van der Waals surface area contributed by atoms with Crippen molar-refractivity contribution in [3.63, 3.8) is 0 Å². The predicted octanol–water partition coefficient (Wildman–Crippen LogP) is 26.4. The Hall–Kier alpha value is -15.3. The van der Waals surface area contributed by atoms with E-state index in [1.807, 2.05) is 152 Å². The second kappa shape index (κ2) is 27.5. The second-order valence-electron chi connectivity index (χ2n) is 28.1. The van der Waals surface area contributed by atoms with Gasteiger partial charge in [0.25, 0.3) is 0 Å².